The number of piperazine rings is 1. The molecule has 250 valence electrons. The molecule has 12 nitrogen and oxygen atoms in total. The SMILES string of the molecule is CCc1cc(Nc2nc3ncn(CCCCN4CCN(c5cc6c(cc5F)c(=O)c(C(=O)O)cn6C5CC5)CC4)c3c(=O)[nH]2)ccc1C. The van der Waals surface area contributed by atoms with Crippen molar-refractivity contribution in [2.75, 3.05) is 42.9 Å². The molecule has 1 saturated heterocycles. The fourth-order valence-corrected chi connectivity index (χ4v) is 6.72. The molecule has 13 heteroatoms. The molecular weight excluding hydrogens is 615 g/mol. The maximum atomic E-state index is 15.4. The van der Waals surface area contributed by atoms with Gasteiger partial charge in [0.05, 0.1) is 17.5 Å². The average molecular weight is 655 g/mol. The first-order valence-electron chi connectivity index (χ1n) is 16.6. The number of anilines is 3. The van der Waals surface area contributed by atoms with Crippen molar-refractivity contribution in [1.82, 2.24) is 29.0 Å². The van der Waals surface area contributed by atoms with Crippen LogP contribution in [0.1, 0.15) is 60.1 Å². The van der Waals surface area contributed by atoms with Crippen molar-refractivity contribution in [1.29, 1.82) is 0 Å². The van der Waals surface area contributed by atoms with Crippen molar-refractivity contribution in [2.24, 2.45) is 0 Å². The molecule has 0 amide bonds. The molecule has 2 aromatic carbocycles. The summed E-state index contributed by atoms with van der Waals surface area (Å²) < 4.78 is 19.0. The van der Waals surface area contributed by atoms with Gasteiger partial charge in [0.25, 0.3) is 5.56 Å². The van der Waals surface area contributed by atoms with E-state index < -0.39 is 17.2 Å². The molecule has 2 aliphatic rings. The van der Waals surface area contributed by atoms with Gasteiger partial charge in [0.15, 0.2) is 11.2 Å². The molecule has 0 unspecified atom stereocenters. The first-order valence-corrected chi connectivity index (χ1v) is 16.6. The first-order chi connectivity index (χ1) is 23.2. The van der Waals surface area contributed by atoms with Gasteiger partial charge in [-0.05, 0) is 81.0 Å². The van der Waals surface area contributed by atoms with Gasteiger partial charge in [0, 0.05) is 56.0 Å². The number of hydrogen-bond acceptors (Lipinski definition) is 8. The van der Waals surface area contributed by atoms with E-state index in [-0.39, 0.29) is 22.6 Å². The smallest absolute Gasteiger partial charge is 0.341 e. The minimum absolute atomic E-state index is 0.106. The molecule has 1 aliphatic carbocycles. The van der Waals surface area contributed by atoms with Crippen molar-refractivity contribution in [3.63, 3.8) is 0 Å². The first kappa shape index (κ1) is 31.6. The maximum absolute atomic E-state index is 15.4. The minimum atomic E-state index is -1.30. The van der Waals surface area contributed by atoms with Crippen LogP contribution >= 0.6 is 0 Å². The Morgan fingerprint density at radius 3 is 2.58 bits per heavy atom. The number of imidazole rings is 1. The van der Waals surface area contributed by atoms with Crippen LogP contribution in [-0.4, -0.2) is 72.8 Å². The number of halogens is 1. The Morgan fingerprint density at radius 2 is 1.85 bits per heavy atom. The van der Waals surface area contributed by atoms with Crippen molar-refractivity contribution in [3.05, 3.63) is 85.9 Å². The van der Waals surface area contributed by atoms with Gasteiger partial charge in [-0.2, -0.15) is 4.98 Å². The molecule has 4 heterocycles. The van der Waals surface area contributed by atoms with Crippen molar-refractivity contribution in [2.45, 2.75) is 58.5 Å². The number of benzene rings is 2. The van der Waals surface area contributed by atoms with E-state index in [1.165, 1.54) is 23.4 Å². The summed E-state index contributed by atoms with van der Waals surface area (Å²) in [6, 6.07) is 9.12. The van der Waals surface area contributed by atoms with E-state index in [1.54, 1.807) is 12.4 Å². The lowest BCUT2D eigenvalue weighted by atomic mass is 10.1. The molecular formula is C35H39FN8O4. The number of carbonyl (C=O) groups is 1. The van der Waals surface area contributed by atoms with Crippen LogP contribution in [0, 0.1) is 12.7 Å². The molecule has 2 fully saturated rings. The monoisotopic (exact) mass is 654 g/mol. The molecule has 0 radical (unpaired) electrons. The summed E-state index contributed by atoms with van der Waals surface area (Å²) in [5, 5.41) is 12.8. The van der Waals surface area contributed by atoms with Crippen LogP contribution < -0.4 is 21.2 Å². The van der Waals surface area contributed by atoms with Gasteiger partial charge in [-0.1, -0.05) is 13.0 Å². The number of unbranched alkanes of at least 4 members (excludes halogenated alkanes) is 1. The normalized spacial score (nSPS) is 15.4. The number of aromatic carboxylic acids is 1. The number of pyridine rings is 1. The zero-order valence-electron chi connectivity index (χ0n) is 27.1. The lowest BCUT2D eigenvalue weighted by molar-refractivity contribution is 0.0694. The van der Waals surface area contributed by atoms with Gasteiger partial charge in [-0.3, -0.25) is 19.5 Å². The number of hydrogen-bond donors (Lipinski definition) is 3. The fourth-order valence-electron chi connectivity index (χ4n) is 6.72. The molecule has 1 aliphatic heterocycles. The number of nitrogens with zero attached hydrogens (tertiary/aromatic N) is 6. The topological polar surface area (TPSA) is 141 Å². The predicted molar refractivity (Wildman–Crippen MR) is 183 cm³/mol. The van der Waals surface area contributed by atoms with Crippen molar-refractivity contribution in [3.8, 4) is 0 Å². The second kappa shape index (κ2) is 12.9. The lowest BCUT2D eigenvalue weighted by Gasteiger charge is -2.36. The Labute approximate surface area is 275 Å². The predicted octanol–water partition coefficient (Wildman–Crippen LogP) is 4.82. The highest BCUT2D eigenvalue weighted by Gasteiger charge is 2.28. The van der Waals surface area contributed by atoms with Gasteiger partial charge in [-0.25, -0.2) is 14.2 Å². The highest BCUT2D eigenvalue weighted by molar-refractivity contribution is 5.93. The van der Waals surface area contributed by atoms with E-state index >= 15 is 4.39 Å². The summed E-state index contributed by atoms with van der Waals surface area (Å²) in [6.07, 6.45) is 7.57. The standard InChI is InChI=1S/C35H39FN8O4/c1-3-22-16-23(7-6-21(22)2)38-35-39-32-30(33(46)40-35)43(20-37-32)11-5-4-10-41-12-14-42(15-13-41)29-18-28-25(17-27(29)36)31(45)26(34(47)48)19-44(28)24-8-9-24/h6-7,16-20,24H,3-5,8-15H2,1-2H3,(H,47,48)(H2,38,39,40,46). The second-order valence-electron chi connectivity index (χ2n) is 12.8. The number of fused-ring (bicyclic) bond motifs is 2. The summed E-state index contributed by atoms with van der Waals surface area (Å²) in [5.41, 5.74) is 3.96. The minimum Gasteiger partial charge on any atom is -0.477 e. The third kappa shape index (κ3) is 6.17. The Hall–Kier alpha value is -5.04. The summed E-state index contributed by atoms with van der Waals surface area (Å²) in [4.78, 5) is 53.6. The van der Waals surface area contributed by atoms with Gasteiger partial charge < -0.3 is 24.5 Å². The average Bonchev–Trinajstić information content (AvgIpc) is 3.83. The zero-order chi connectivity index (χ0) is 33.5. The summed E-state index contributed by atoms with van der Waals surface area (Å²) >= 11 is 0. The second-order valence-corrected chi connectivity index (χ2v) is 12.8. The van der Waals surface area contributed by atoms with E-state index in [2.05, 4.69) is 45.1 Å². The number of H-pyrrole nitrogens is 1. The number of carboxylic acids is 1. The van der Waals surface area contributed by atoms with Crippen LogP contribution in [0.2, 0.25) is 0 Å². The summed E-state index contributed by atoms with van der Waals surface area (Å²) in [7, 11) is 0. The van der Waals surface area contributed by atoms with Crippen molar-refractivity contribution >= 4 is 45.4 Å². The lowest BCUT2D eigenvalue weighted by Crippen LogP contribution is -2.47. The highest BCUT2D eigenvalue weighted by atomic mass is 19.1. The van der Waals surface area contributed by atoms with E-state index in [1.807, 2.05) is 26.2 Å². The van der Waals surface area contributed by atoms with Gasteiger partial charge in [0.1, 0.15) is 11.4 Å². The largest absolute Gasteiger partial charge is 0.477 e. The van der Waals surface area contributed by atoms with E-state index in [0.717, 1.165) is 57.4 Å². The number of aromatic nitrogens is 5. The Kier molecular flexibility index (Phi) is 8.46. The molecule has 5 aromatic rings. The third-order valence-electron chi connectivity index (χ3n) is 9.58. The Balaban J connectivity index is 0.948. The quantitative estimate of drug-likeness (QED) is 0.171. The number of aromatic amines is 1. The fraction of sp³-hybridized carbons (Fsp3) is 0.400. The highest BCUT2D eigenvalue weighted by Crippen LogP contribution is 2.38. The van der Waals surface area contributed by atoms with Crippen LogP contribution in [0.4, 0.5) is 21.7 Å². The third-order valence-corrected chi connectivity index (χ3v) is 9.58. The zero-order valence-corrected chi connectivity index (χ0v) is 27.1. The molecule has 1 saturated carbocycles. The number of carboxylic acid groups (broad SMARTS) is 1. The molecule has 0 atom stereocenters. The number of aryl methyl sites for hydroxylation is 3. The van der Waals surface area contributed by atoms with Crippen LogP contribution in [0.15, 0.2) is 52.4 Å². The van der Waals surface area contributed by atoms with Crippen molar-refractivity contribution < 1.29 is 14.3 Å². The Bertz CT molecular complexity index is 2140. The molecule has 3 N–H and O–H groups in total. The van der Waals surface area contributed by atoms with Crippen LogP contribution in [0.5, 0.6) is 0 Å². The van der Waals surface area contributed by atoms with Gasteiger partial charge in [-0.15, -0.1) is 0 Å². The molecule has 48 heavy (non-hydrogen) atoms. The molecule has 3 aromatic heterocycles. The summed E-state index contributed by atoms with van der Waals surface area (Å²) in [6.45, 7) is 8.49. The number of nitrogens with one attached hydrogen (secondary N) is 2. The Morgan fingerprint density at radius 1 is 1.08 bits per heavy atom. The number of rotatable bonds is 11. The van der Waals surface area contributed by atoms with Gasteiger partial charge in [0.2, 0.25) is 11.4 Å². The van der Waals surface area contributed by atoms with E-state index in [9.17, 15) is 19.5 Å². The van der Waals surface area contributed by atoms with E-state index in [0.29, 0.717) is 48.0 Å². The van der Waals surface area contributed by atoms with Crippen LogP contribution in [0.3, 0.4) is 0 Å². The molecule has 0 spiro atoms. The van der Waals surface area contributed by atoms with Gasteiger partial charge >= 0.3 is 5.97 Å². The maximum Gasteiger partial charge on any atom is 0.341 e. The molecule has 0 bridgehead atoms. The van der Waals surface area contributed by atoms with Crippen LogP contribution in [0.25, 0.3) is 22.1 Å². The van der Waals surface area contributed by atoms with E-state index in [4.69, 9.17) is 0 Å². The summed E-state index contributed by atoms with van der Waals surface area (Å²) in [5.74, 6) is -1.46. The molecule has 7 rings (SSSR count). The van der Waals surface area contributed by atoms with Crippen LogP contribution in [-0.2, 0) is 13.0 Å².